The van der Waals surface area contributed by atoms with Crippen molar-refractivity contribution in [1.82, 2.24) is 4.90 Å². The minimum Gasteiger partial charge on any atom is -0.488 e. The number of benzene rings is 1. The van der Waals surface area contributed by atoms with Gasteiger partial charge in [0.2, 0.25) is 0 Å². The summed E-state index contributed by atoms with van der Waals surface area (Å²) in [7, 11) is 0. The Labute approximate surface area is 142 Å². The van der Waals surface area contributed by atoms with Gasteiger partial charge in [-0.1, -0.05) is 18.2 Å². The van der Waals surface area contributed by atoms with Crippen LogP contribution in [0.2, 0.25) is 0 Å². The van der Waals surface area contributed by atoms with E-state index in [1.165, 1.54) is 0 Å². The molecule has 6 heteroatoms. The third-order valence-electron chi connectivity index (χ3n) is 5.09. The van der Waals surface area contributed by atoms with Gasteiger partial charge >= 0.3 is 0 Å². The summed E-state index contributed by atoms with van der Waals surface area (Å²) >= 11 is 0. The molecule has 1 saturated heterocycles. The Kier molecular flexibility index (Phi) is 5.08. The quantitative estimate of drug-likeness (QED) is 0.855. The molecule has 24 heavy (non-hydrogen) atoms. The van der Waals surface area contributed by atoms with Crippen LogP contribution in [-0.4, -0.2) is 59.5 Å². The summed E-state index contributed by atoms with van der Waals surface area (Å²) in [6.07, 6.45) is 1.83. The van der Waals surface area contributed by atoms with Crippen LogP contribution in [0.3, 0.4) is 0 Å². The first kappa shape index (κ1) is 17.2. The van der Waals surface area contributed by atoms with Crippen LogP contribution >= 0.6 is 0 Å². The molecule has 132 valence electrons. The number of nitrogens with zero attached hydrogens (tertiary/aromatic N) is 1. The van der Waals surface area contributed by atoms with Gasteiger partial charge in [0.15, 0.2) is 5.60 Å². The lowest BCUT2D eigenvalue weighted by Gasteiger charge is -2.46. The number of ether oxygens (including phenoxy) is 2. The molecule has 2 fully saturated rings. The van der Waals surface area contributed by atoms with Crippen LogP contribution < -0.4 is 10.5 Å². The van der Waals surface area contributed by atoms with Crippen molar-refractivity contribution < 1.29 is 19.4 Å². The Morgan fingerprint density at radius 2 is 2.12 bits per heavy atom. The van der Waals surface area contributed by atoms with Crippen molar-refractivity contribution >= 4 is 5.91 Å². The molecule has 2 aliphatic rings. The number of para-hydroxylation sites is 1. The van der Waals surface area contributed by atoms with Gasteiger partial charge in [0.1, 0.15) is 18.0 Å². The second-order valence-corrected chi connectivity index (χ2v) is 6.87. The van der Waals surface area contributed by atoms with Gasteiger partial charge in [0, 0.05) is 19.1 Å². The number of amides is 1. The molecule has 0 radical (unpaired) electrons. The number of hydrogen-bond donors (Lipinski definition) is 2. The van der Waals surface area contributed by atoms with Crippen molar-refractivity contribution in [3.8, 4) is 5.75 Å². The van der Waals surface area contributed by atoms with Crippen molar-refractivity contribution in [1.29, 1.82) is 0 Å². The molecule has 1 aliphatic heterocycles. The molecule has 1 amide bonds. The van der Waals surface area contributed by atoms with E-state index in [0.717, 1.165) is 25.0 Å². The molecule has 0 aromatic heterocycles. The maximum atomic E-state index is 11.7. The first-order valence-electron chi connectivity index (χ1n) is 8.57. The van der Waals surface area contributed by atoms with E-state index in [9.17, 15) is 9.90 Å². The van der Waals surface area contributed by atoms with Gasteiger partial charge in [0.05, 0.1) is 6.61 Å². The molecule has 1 aromatic rings. The molecule has 0 spiro atoms. The largest absolute Gasteiger partial charge is 0.488 e. The summed E-state index contributed by atoms with van der Waals surface area (Å²) in [5, 5.41) is 10.8. The number of aliphatic hydroxyl groups excluding tert-OH is 1. The fourth-order valence-electron chi connectivity index (χ4n) is 3.65. The summed E-state index contributed by atoms with van der Waals surface area (Å²) in [6.45, 7) is 3.24. The van der Waals surface area contributed by atoms with Gasteiger partial charge in [-0.05, 0) is 38.3 Å². The highest BCUT2D eigenvalue weighted by atomic mass is 16.5. The molecule has 3 N–H and O–H groups in total. The molecule has 3 rings (SSSR count). The topological polar surface area (TPSA) is 85.0 Å². The molecule has 1 saturated carbocycles. The van der Waals surface area contributed by atoms with Crippen LogP contribution in [0, 0.1) is 0 Å². The van der Waals surface area contributed by atoms with E-state index >= 15 is 0 Å². The molecule has 6 nitrogen and oxygen atoms in total. The van der Waals surface area contributed by atoms with E-state index in [4.69, 9.17) is 15.2 Å². The summed E-state index contributed by atoms with van der Waals surface area (Å²) in [4.78, 5) is 13.8. The van der Waals surface area contributed by atoms with Gasteiger partial charge in [-0.25, -0.2) is 0 Å². The number of hydrogen-bond acceptors (Lipinski definition) is 5. The Bertz CT molecular complexity index is 567. The van der Waals surface area contributed by atoms with Crippen LogP contribution in [-0.2, 0) is 9.53 Å². The Morgan fingerprint density at radius 3 is 2.83 bits per heavy atom. The highest BCUT2D eigenvalue weighted by molar-refractivity contribution is 5.83. The first-order chi connectivity index (χ1) is 11.5. The molecule has 1 heterocycles. The minimum absolute atomic E-state index is 0.0463. The highest BCUT2D eigenvalue weighted by Crippen LogP contribution is 2.30. The first-order valence-corrected chi connectivity index (χ1v) is 8.57. The lowest BCUT2D eigenvalue weighted by molar-refractivity contribution is -0.162. The van der Waals surface area contributed by atoms with Gasteiger partial charge in [-0.2, -0.15) is 0 Å². The number of morpholine rings is 1. The molecule has 0 bridgehead atoms. The standard InChI is InChI=1S/C18H26N2O4/c1-18(17(19)22)12-20(10-11-23-18)14-8-5-9-15(16(14)21)24-13-6-3-2-4-7-13/h2-4,6-7,14-16,21H,5,8-12H2,1H3,(H2,19,22)/t14-,15+,16+,18?/m0/s1. The number of carbonyl (C=O) groups excluding carboxylic acids is 1. The summed E-state index contributed by atoms with van der Waals surface area (Å²) in [6, 6.07) is 9.52. The monoisotopic (exact) mass is 334 g/mol. The maximum absolute atomic E-state index is 11.7. The highest BCUT2D eigenvalue weighted by Gasteiger charge is 2.44. The Morgan fingerprint density at radius 1 is 1.38 bits per heavy atom. The van der Waals surface area contributed by atoms with Gasteiger partial charge in [-0.15, -0.1) is 0 Å². The summed E-state index contributed by atoms with van der Waals surface area (Å²) < 4.78 is 11.6. The van der Waals surface area contributed by atoms with E-state index in [2.05, 4.69) is 4.90 Å². The summed E-state index contributed by atoms with van der Waals surface area (Å²) in [5.41, 5.74) is 4.48. The lowest BCUT2D eigenvalue weighted by Crippen LogP contribution is -2.63. The van der Waals surface area contributed by atoms with E-state index in [-0.39, 0.29) is 12.1 Å². The molecular formula is C18H26N2O4. The fourth-order valence-corrected chi connectivity index (χ4v) is 3.65. The fraction of sp³-hybridized carbons (Fsp3) is 0.611. The second kappa shape index (κ2) is 7.09. The Balaban J connectivity index is 1.68. The van der Waals surface area contributed by atoms with E-state index in [1.807, 2.05) is 30.3 Å². The zero-order chi connectivity index (χ0) is 17.2. The summed E-state index contributed by atoms with van der Waals surface area (Å²) in [5.74, 6) is 0.306. The normalized spacial score (nSPS) is 34.7. The van der Waals surface area contributed by atoms with Crippen molar-refractivity contribution in [3.63, 3.8) is 0 Å². The third-order valence-corrected chi connectivity index (χ3v) is 5.09. The molecule has 1 aliphatic carbocycles. The van der Waals surface area contributed by atoms with Crippen molar-refractivity contribution in [2.45, 2.75) is 50.0 Å². The number of nitrogens with two attached hydrogens (primary N) is 1. The predicted molar refractivity (Wildman–Crippen MR) is 89.6 cm³/mol. The van der Waals surface area contributed by atoms with Crippen molar-refractivity contribution in [2.24, 2.45) is 5.73 Å². The smallest absolute Gasteiger partial charge is 0.250 e. The van der Waals surface area contributed by atoms with Crippen LogP contribution in [0.4, 0.5) is 0 Å². The number of carbonyl (C=O) groups is 1. The Hall–Kier alpha value is -1.63. The van der Waals surface area contributed by atoms with Crippen molar-refractivity contribution in [3.05, 3.63) is 30.3 Å². The lowest BCUT2D eigenvalue weighted by atomic mass is 9.87. The maximum Gasteiger partial charge on any atom is 0.250 e. The van der Waals surface area contributed by atoms with Crippen LogP contribution in [0.15, 0.2) is 30.3 Å². The van der Waals surface area contributed by atoms with Crippen LogP contribution in [0.5, 0.6) is 5.75 Å². The zero-order valence-electron chi connectivity index (χ0n) is 14.1. The van der Waals surface area contributed by atoms with Crippen LogP contribution in [0.1, 0.15) is 26.2 Å². The van der Waals surface area contributed by atoms with E-state index in [0.29, 0.717) is 19.7 Å². The molecular weight excluding hydrogens is 308 g/mol. The van der Waals surface area contributed by atoms with E-state index in [1.54, 1.807) is 6.92 Å². The molecule has 4 atom stereocenters. The number of primary amides is 1. The molecule has 1 aromatic carbocycles. The SMILES string of the molecule is CC1(C(N)=O)CN([C@H]2CCC[C@@H](Oc3ccccc3)[C@@H]2O)CCO1. The minimum atomic E-state index is -0.995. The van der Waals surface area contributed by atoms with Gasteiger partial charge in [-0.3, -0.25) is 9.69 Å². The average molecular weight is 334 g/mol. The van der Waals surface area contributed by atoms with E-state index < -0.39 is 17.6 Å². The third kappa shape index (κ3) is 3.55. The van der Waals surface area contributed by atoms with Crippen LogP contribution in [0.25, 0.3) is 0 Å². The molecule has 1 unspecified atom stereocenters. The zero-order valence-corrected chi connectivity index (χ0v) is 14.1. The average Bonchev–Trinajstić information content (AvgIpc) is 2.58. The second-order valence-electron chi connectivity index (χ2n) is 6.87. The van der Waals surface area contributed by atoms with Crippen molar-refractivity contribution in [2.75, 3.05) is 19.7 Å². The van der Waals surface area contributed by atoms with Gasteiger partial charge in [0.25, 0.3) is 5.91 Å². The predicted octanol–water partition coefficient (Wildman–Crippen LogP) is 0.924. The van der Waals surface area contributed by atoms with Gasteiger partial charge < -0.3 is 20.3 Å². The number of rotatable bonds is 4. The number of aliphatic hydroxyl groups is 1.